The third kappa shape index (κ3) is 5.63. The highest BCUT2D eigenvalue weighted by molar-refractivity contribution is 6.32. The van der Waals surface area contributed by atoms with Crippen molar-refractivity contribution in [1.29, 1.82) is 0 Å². The fourth-order valence-electron chi connectivity index (χ4n) is 5.86. The van der Waals surface area contributed by atoms with Gasteiger partial charge in [0.05, 0.1) is 11.6 Å². The highest BCUT2D eigenvalue weighted by Gasteiger charge is 2.34. The van der Waals surface area contributed by atoms with E-state index in [-0.39, 0.29) is 22.1 Å². The van der Waals surface area contributed by atoms with Crippen molar-refractivity contribution in [2.75, 3.05) is 50.4 Å². The standard InChI is InChI=1S/C28H35Cl2N7O3/c1-4-18-14-36(27-25(30)33-23(26(31)34-27)28(39)32-3)9-10-37(18)19-5-7-35(8-6-19)13-17-15-40-22-11-16(2)21(29)12-20(22)24(17)38/h11-12,15,18-19H,4-10,13-14H2,1-3H3,(H2,31,34)(H,32,39)/t18-/m0/s1. The molecule has 214 valence electrons. The summed E-state index contributed by atoms with van der Waals surface area (Å²) in [5.74, 6) is 0.174. The van der Waals surface area contributed by atoms with Crippen LogP contribution < -0.4 is 21.4 Å². The van der Waals surface area contributed by atoms with E-state index < -0.39 is 5.91 Å². The summed E-state index contributed by atoms with van der Waals surface area (Å²) in [6.07, 6.45) is 4.62. The molecule has 2 fully saturated rings. The van der Waals surface area contributed by atoms with Crippen LogP contribution in [0.1, 0.15) is 47.8 Å². The number of amides is 1. The second-order valence-electron chi connectivity index (χ2n) is 10.6. The van der Waals surface area contributed by atoms with E-state index >= 15 is 0 Å². The number of nitrogens with zero attached hydrogens (tertiary/aromatic N) is 5. The fourth-order valence-corrected chi connectivity index (χ4v) is 6.27. The van der Waals surface area contributed by atoms with E-state index in [0.717, 1.165) is 57.5 Å². The number of likely N-dealkylation sites (tertiary alicyclic amines) is 1. The molecular weight excluding hydrogens is 553 g/mol. The first-order valence-corrected chi connectivity index (χ1v) is 14.4. The van der Waals surface area contributed by atoms with Crippen molar-refractivity contribution in [2.24, 2.45) is 0 Å². The summed E-state index contributed by atoms with van der Waals surface area (Å²) in [6, 6.07) is 4.30. The summed E-state index contributed by atoms with van der Waals surface area (Å²) in [5.41, 5.74) is 8.17. The summed E-state index contributed by atoms with van der Waals surface area (Å²) in [7, 11) is 1.51. The molecule has 1 aromatic carbocycles. The summed E-state index contributed by atoms with van der Waals surface area (Å²) in [4.78, 5) is 40.8. The summed E-state index contributed by atoms with van der Waals surface area (Å²) in [5, 5.41) is 3.79. The van der Waals surface area contributed by atoms with E-state index in [1.54, 1.807) is 12.3 Å². The van der Waals surface area contributed by atoms with Gasteiger partial charge in [0.2, 0.25) is 0 Å². The van der Waals surface area contributed by atoms with Crippen LogP contribution in [0.4, 0.5) is 11.6 Å². The van der Waals surface area contributed by atoms with Gasteiger partial charge in [-0.05, 0) is 57.0 Å². The van der Waals surface area contributed by atoms with Gasteiger partial charge >= 0.3 is 0 Å². The molecule has 12 heteroatoms. The number of carbonyl (C=O) groups excluding carboxylic acids is 1. The van der Waals surface area contributed by atoms with E-state index in [2.05, 4.69) is 36.9 Å². The number of aryl methyl sites for hydroxylation is 1. The van der Waals surface area contributed by atoms with Crippen LogP contribution >= 0.6 is 23.2 Å². The first kappa shape index (κ1) is 28.6. The maximum atomic E-state index is 13.1. The van der Waals surface area contributed by atoms with Crippen LogP contribution in [0.25, 0.3) is 11.0 Å². The van der Waals surface area contributed by atoms with Gasteiger partial charge in [0.25, 0.3) is 5.91 Å². The normalized spacial score (nSPS) is 19.3. The molecule has 0 saturated carbocycles. The largest absolute Gasteiger partial charge is 0.464 e. The van der Waals surface area contributed by atoms with Gasteiger partial charge in [0.1, 0.15) is 5.58 Å². The van der Waals surface area contributed by atoms with Crippen LogP contribution in [0.3, 0.4) is 0 Å². The number of nitrogen functional groups attached to an aromatic ring is 1. The molecule has 1 atom stereocenters. The highest BCUT2D eigenvalue weighted by Crippen LogP contribution is 2.30. The first-order valence-electron chi connectivity index (χ1n) is 13.7. The third-order valence-electron chi connectivity index (χ3n) is 8.15. The number of aromatic nitrogens is 2. The van der Waals surface area contributed by atoms with Crippen LogP contribution in [0.15, 0.2) is 27.6 Å². The zero-order chi connectivity index (χ0) is 28.6. The predicted molar refractivity (Wildman–Crippen MR) is 158 cm³/mol. The topological polar surface area (TPSA) is 121 Å². The molecule has 2 aliphatic heterocycles. The Morgan fingerprint density at radius 2 is 1.93 bits per heavy atom. The summed E-state index contributed by atoms with van der Waals surface area (Å²) >= 11 is 12.7. The Morgan fingerprint density at radius 3 is 2.62 bits per heavy atom. The molecule has 10 nitrogen and oxygen atoms in total. The Kier molecular flexibility index (Phi) is 8.51. The molecule has 2 saturated heterocycles. The van der Waals surface area contributed by atoms with Crippen molar-refractivity contribution in [3.8, 4) is 0 Å². The minimum atomic E-state index is -0.415. The SMILES string of the molecule is CC[C@H]1CN(c2nc(N)c(C(=O)NC)nc2Cl)CCN1C1CCN(Cc2coc3cc(C)c(Cl)cc3c2=O)CC1. The van der Waals surface area contributed by atoms with Crippen LogP contribution in [0, 0.1) is 6.92 Å². The number of hydrogen-bond acceptors (Lipinski definition) is 9. The molecule has 2 aromatic heterocycles. The molecule has 0 aliphatic carbocycles. The third-order valence-corrected chi connectivity index (χ3v) is 8.81. The van der Waals surface area contributed by atoms with Crippen molar-refractivity contribution in [1.82, 2.24) is 25.1 Å². The minimum Gasteiger partial charge on any atom is -0.464 e. The maximum absolute atomic E-state index is 13.1. The van der Waals surface area contributed by atoms with Crippen LogP contribution in [0.5, 0.6) is 0 Å². The molecule has 0 radical (unpaired) electrons. The summed E-state index contributed by atoms with van der Waals surface area (Å²) in [6.45, 7) is 8.82. The van der Waals surface area contributed by atoms with Gasteiger partial charge in [-0.15, -0.1) is 0 Å². The smallest absolute Gasteiger partial charge is 0.273 e. The zero-order valence-electron chi connectivity index (χ0n) is 23.0. The van der Waals surface area contributed by atoms with Crippen LogP contribution in [-0.2, 0) is 6.54 Å². The second kappa shape index (κ2) is 11.9. The number of anilines is 2. The van der Waals surface area contributed by atoms with E-state index in [9.17, 15) is 9.59 Å². The quantitative estimate of drug-likeness (QED) is 0.444. The number of benzene rings is 1. The molecule has 4 heterocycles. The molecular formula is C28H35Cl2N7O3. The van der Waals surface area contributed by atoms with Crippen molar-refractivity contribution in [2.45, 2.75) is 51.7 Å². The molecule has 0 spiro atoms. The second-order valence-corrected chi connectivity index (χ2v) is 11.4. The van der Waals surface area contributed by atoms with Crippen molar-refractivity contribution in [3.05, 3.63) is 55.6 Å². The minimum absolute atomic E-state index is 0.0156. The Hall–Kier alpha value is -2.92. The number of rotatable bonds is 6. The van der Waals surface area contributed by atoms with Crippen molar-refractivity contribution < 1.29 is 9.21 Å². The molecule has 3 N–H and O–H groups in total. The van der Waals surface area contributed by atoms with Crippen molar-refractivity contribution >= 4 is 51.7 Å². The molecule has 0 unspecified atom stereocenters. The Morgan fingerprint density at radius 1 is 1.18 bits per heavy atom. The van der Waals surface area contributed by atoms with Crippen LogP contribution in [0.2, 0.25) is 10.2 Å². The van der Waals surface area contributed by atoms with Gasteiger partial charge in [0, 0.05) is 55.9 Å². The number of piperidine rings is 1. The number of nitrogens with one attached hydrogen (secondary N) is 1. The van der Waals surface area contributed by atoms with Gasteiger partial charge < -0.3 is 20.4 Å². The Balaban J connectivity index is 1.22. The molecule has 40 heavy (non-hydrogen) atoms. The molecule has 0 bridgehead atoms. The van der Waals surface area contributed by atoms with E-state index in [0.29, 0.717) is 46.0 Å². The number of fused-ring (bicyclic) bond motifs is 1. The number of nitrogens with two attached hydrogens (primary N) is 1. The van der Waals surface area contributed by atoms with E-state index in [1.807, 2.05) is 13.0 Å². The lowest BCUT2D eigenvalue weighted by Gasteiger charge is -2.47. The van der Waals surface area contributed by atoms with Crippen LogP contribution in [-0.4, -0.2) is 77.5 Å². The fraction of sp³-hybridized carbons (Fsp3) is 0.500. The van der Waals surface area contributed by atoms with Gasteiger partial charge in [0.15, 0.2) is 27.9 Å². The number of halogens is 2. The number of carbonyl (C=O) groups is 1. The molecule has 3 aromatic rings. The van der Waals surface area contributed by atoms with Gasteiger partial charge in [-0.3, -0.25) is 19.4 Å². The van der Waals surface area contributed by atoms with Crippen molar-refractivity contribution in [3.63, 3.8) is 0 Å². The molecule has 1 amide bonds. The average Bonchev–Trinajstić information content (AvgIpc) is 2.96. The Labute approximate surface area is 243 Å². The van der Waals surface area contributed by atoms with E-state index in [4.69, 9.17) is 33.4 Å². The number of hydrogen-bond donors (Lipinski definition) is 2. The summed E-state index contributed by atoms with van der Waals surface area (Å²) < 4.78 is 5.79. The maximum Gasteiger partial charge on any atom is 0.273 e. The monoisotopic (exact) mass is 587 g/mol. The average molecular weight is 589 g/mol. The lowest BCUT2D eigenvalue weighted by atomic mass is 9.98. The van der Waals surface area contributed by atoms with Gasteiger partial charge in [-0.25, -0.2) is 9.97 Å². The number of piperazine rings is 1. The zero-order valence-corrected chi connectivity index (χ0v) is 24.6. The van der Waals surface area contributed by atoms with E-state index in [1.165, 1.54) is 7.05 Å². The lowest BCUT2D eigenvalue weighted by molar-refractivity contribution is 0.0608. The first-order chi connectivity index (χ1) is 19.2. The Bertz CT molecular complexity index is 1470. The lowest BCUT2D eigenvalue weighted by Crippen LogP contribution is -2.58. The van der Waals surface area contributed by atoms with Gasteiger partial charge in [-0.2, -0.15) is 0 Å². The van der Waals surface area contributed by atoms with Gasteiger partial charge in [-0.1, -0.05) is 30.1 Å². The highest BCUT2D eigenvalue weighted by atomic mass is 35.5. The predicted octanol–water partition coefficient (Wildman–Crippen LogP) is 3.71. The molecule has 5 rings (SSSR count). The molecule has 2 aliphatic rings.